The molecule has 1 heterocycles. The number of phenols is 5. The summed E-state index contributed by atoms with van der Waals surface area (Å²) in [4.78, 5) is 0. The topological polar surface area (TPSA) is 114 Å². The lowest BCUT2D eigenvalue weighted by Gasteiger charge is -2.20. The van der Waals surface area contributed by atoms with Gasteiger partial charge in [0.2, 0.25) is 17.2 Å². The maximum Gasteiger partial charge on any atom is 0.208 e. The van der Waals surface area contributed by atoms with Gasteiger partial charge >= 0.3 is 0 Å². The zero-order chi connectivity index (χ0) is 32.7. The average molecular weight is 627 g/mol. The van der Waals surface area contributed by atoms with Gasteiger partial charge in [0.15, 0.2) is 11.5 Å². The maximum atomic E-state index is 11.1. The fourth-order valence-corrected chi connectivity index (χ4v) is 7.31. The van der Waals surface area contributed by atoms with Crippen molar-refractivity contribution in [2.24, 2.45) is 0 Å². The van der Waals surface area contributed by atoms with Crippen LogP contribution in [-0.4, -0.2) is 25.5 Å². The molecule has 230 valence electrons. The van der Waals surface area contributed by atoms with E-state index in [1.165, 1.54) is 0 Å². The van der Waals surface area contributed by atoms with Crippen LogP contribution in [0.3, 0.4) is 0 Å². The summed E-state index contributed by atoms with van der Waals surface area (Å²) in [7, 11) is 0. The molecule has 0 bridgehead atoms. The highest BCUT2D eigenvalue weighted by Crippen LogP contribution is 2.58. The van der Waals surface area contributed by atoms with Crippen LogP contribution in [-0.2, 0) is 0 Å². The van der Waals surface area contributed by atoms with Gasteiger partial charge in [0.05, 0.1) is 5.56 Å². The Morgan fingerprint density at radius 3 is 1.50 bits per heavy atom. The van der Waals surface area contributed by atoms with E-state index in [0.717, 1.165) is 65.7 Å². The number of benzene rings is 8. The minimum atomic E-state index is -0.997. The number of aromatic hydroxyl groups is 5. The van der Waals surface area contributed by atoms with Crippen LogP contribution in [0.15, 0.2) is 132 Å². The summed E-state index contributed by atoms with van der Waals surface area (Å²) in [6, 6.07) is 42.2. The second kappa shape index (κ2) is 10.2. The third kappa shape index (κ3) is 3.80. The average Bonchev–Trinajstić information content (AvgIpc) is 3.51. The minimum Gasteiger partial charge on any atom is -0.504 e. The van der Waals surface area contributed by atoms with Crippen molar-refractivity contribution in [3.8, 4) is 62.1 Å². The molecule has 48 heavy (non-hydrogen) atoms. The molecule has 0 spiro atoms. The van der Waals surface area contributed by atoms with Crippen molar-refractivity contribution in [3.05, 3.63) is 127 Å². The van der Waals surface area contributed by atoms with E-state index in [-0.39, 0.29) is 5.56 Å². The lowest BCUT2D eigenvalue weighted by Crippen LogP contribution is -1.93. The molecule has 0 amide bonds. The molecule has 9 aromatic rings. The fourth-order valence-electron chi connectivity index (χ4n) is 7.31. The number of furan rings is 1. The van der Waals surface area contributed by atoms with Crippen molar-refractivity contribution in [2.45, 2.75) is 0 Å². The van der Waals surface area contributed by atoms with E-state index >= 15 is 0 Å². The number of hydrogen-bond acceptors (Lipinski definition) is 6. The monoisotopic (exact) mass is 626 g/mol. The highest BCUT2D eigenvalue weighted by Gasteiger charge is 2.28. The molecule has 6 nitrogen and oxygen atoms in total. The third-order valence-electron chi connectivity index (χ3n) is 9.40. The molecule has 0 aliphatic rings. The van der Waals surface area contributed by atoms with Crippen molar-refractivity contribution >= 4 is 54.3 Å². The second-order valence-electron chi connectivity index (χ2n) is 12.0. The molecule has 9 rings (SSSR count). The lowest BCUT2D eigenvalue weighted by molar-refractivity contribution is 0.330. The molecule has 0 saturated heterocycles. The molecule has 0 atom stereocenters. The van der Waals surface area contributed by atoms with Crippen molar-refractivity contribution in [1.82, 2.24) is 0 Å². The maximum absolute atomic E-state index is 11.1. The Kier molecular flexibility index (Phi) is 5.86. The highest BCUT2D eigenvalue weighted by atomic mass is 16.4. The first kappa shape index (κ1) is 27.6. The van der Waals surface area contributed by atoms with Crippen LogP contribution in [0.5, 0.6) is 28.7 Å². The van der Waals surface area contributed by atoms with E-state index in [1.807, 2.05) is 91.0 Å². The quantitative estimate of drug-likeness (QED) is 0.0757. The predicted octanol–water partition coefficient (Wildman–Crippen LogP) is 10.6. The highest BCUT2D eigenvalue weighted by molar-refractivity contribution is 6.24. The third-order valence-corrected chi connectivity index (χ3v) is 9.40. The molecular weight excluding hydrogens is 600 g/mol. The molecule has 8 aromatic carbocycles. The Labute approximate surface area is 273 Å². The molecular formula is C42H26O6. The number of fused-ring (bicyclic) bond motifs is 6. The van der Waals surface area contributed by atoms with Gasteiger partial charge in [-0.2, -0.15) is 0 Å². The van der Waals surface area contributed by atoms with Gasteiger partial charge in [0.1, 0.15) is 11.2 Å². The Bertz CT molecular complexity index is 2710. The van der Waals surface area contributed by atoms with E-state index < -0.39 is 28.7 Å². The van der Waals surface area contributed by atoms with Gasteiger partial charge in [-0.3, -0.25) is 0 Å². The molecule has 0 aliphatic heterocycles. The van der Waals surface area contributed by atoms with Gasteiger partial charge in [-0.05, 0) is 78.8 Å². The van der Waals surface area contributed by atoms with Crippen molar-refractivity contribution in [2.75, 3.05) is 0 Å². The van der Waals surface area contributed by atoms with Gasteiger partial charge in [-0.25, -0.2) is 0 Å². The second-order valence-corrected chi connectivity index (χ2v) is 12.0. The van der Waals surface area contributed by atoms with E-state index in [4.69, 9.17) is 4.42 Å². The Morgan fingerprint density at radius 1 is 0.354 bits per heavy atom. The van der Waals surface area contributed by atoms with Crippen LogP contribution in [0.4, 0.5) is 0 Å². The van der Waals surface area contributed by atoms with Crippen molar-refractivity contribution in [1.29, 1.82) is 0 Å². The molecule has 0 aliphatic carbocycles. The lowest BCUT2D eigenvalue weighted by atomic mass is 9.83. The summed E-state index contributed by atoms with van der Waals surface area (Å²) in [5.74, 6) is -4.31. The SMILES string of the molecule is Oc1c(O)c(O)c(-c2c3ccccc3c(-c3cc(-c4cccc5oc6ccccc6c45)c4ccccc4c3)c3ccccc23)c(O)c1O. The van der Waals surface area contributed by atoms with E-state index in [1.54, 1.807) is 0 Å². The van der Waals surface area contributed by atoms with Gasteiger partial charge in [0, 0.05) is 16.3 Å². The minimum absolute atomic E-state index is 0.181. The summed E-state index contributed by atoms with van der Waals surface area (Å²) in [6.45, 7) is 0. The first-order valence-corrected chi connectivity index (χ1v) is 15.5. The molecule has 0 fully saturated rings. The number of hydrogen-bond donors (Lipinski definition) is 5. The first-order chi connectivity index (χ1) is 23.4. The Balaban J connectivity index is 1.42. The van der Waals surface area contributed by atoms with Gasteiger partial charge in [-0.15, -0.1) is 0 Å². The van der Waals surface area contributed by atoms with Crippen LogP contribution >= 0.6 is 0 Å². The van der Waals surface area contributed by atoms with E-state index in [9.17, 15) is 25.5 Å². The number of para-hydroxylation sites is 1. The first-order valence-electron chi connectivity index (χ1n) is 15.5. The molecule has 0 unspecified atom stereocenters. The zero-order valence-electron chi connectivity index (χ0n) is 25.3. The van der Waals surface area contributed by atoms with E-state index in [2.05, 4.69) is 36.4 Å². The largest absolute Gasteiger partial charge is 0.504 e. The number of phenolic OH excluding ortho intramolecular Hbond substituents is 5. The molecule has 0 saturated carbocycles. The normalized spacial score (nSPS) is 11.8. The predicted molar refractivity (Wildman–Crippen MR) is 191 cm³/mol. The summed E-state index contributed by atoms with van der Waals surface area (Å²) in [5, 5.41) is 60.5. The van der Waals surface area contributed by atoms with Crippen LogP contribution in [0.1, 0.15) is 0 Å². The smallest absolute Gasteiger partial charge is 0.208 e. The Morgan fingerprint density at radius 2 is 0.854 bits per heavy atom. The fraction of sp³-hybridized carbons (Fsp3) is 0. The molecule has 5 N–H and O–H groups in total. The van der Waals surface area contributed by atoms with Gasteiger partial charge < -0.3 is 29.9 Å². The van der Waals surface area contributed by atoms with Crippen LogP contribution < -0.4 is 0 Å². The number of rotatable bonds is 3. The van der Waals surface area contributed by atoms with Crippen molar-refractivity contribution in [3.63, 3.8) is 0 Å². The summed E-state index contributed by atoms with van der Waals surface area (Å²) < 4.78 is 6.26. The van der Waals surface area contributed by atoms with Crippen LogP contribution in [0.2, 0.25) is 0 Å². The zero-order valence-corrected chi connectivity index (χ0v) is 25.3. The van der Waals surface area contributed by atoms with Crippen molar-refractivity contribution < 1.29 is 29.9 Å². The van der Waals surface area contributed by atoms with Gasteiger partial charge in [0.25, 0.3) is 0 Å². The molecule has 1 aromatic heterocycles. The van der Waals surface area contributed by atoms with Crippen LogP contribution in [0, 0.1) is 0 Å². The van der Waals surface area contributed by atoms with Crippen LogP contribution in [0.25, 0.3) is 87.6 Å². The summed E-state index contributed by atoms with van der Waals surface area (Å²) in [6.07, 6.45) is 0. The summed E-state index contributed by atoms with van der Waals surface area (Å²) >= 11 is 0. The Hall–Kier alpha value is -6.66. The standard InChI is InChI=1S/C42H26O6/c43-38-37(39(44)41(46)42(47)40(38)45)36-27-14-5-3-12-25(27)34(26-13-4-6-15-28(26)36)23-20-22-10-1-2-11-24(22)31(21-23)29-17-9-19-33-35(29)30-16-7-8-18-32(30)48-33/h1-21,43-47H. The van der Waals surface area contributed by atoms with Gasteiger partial charge in [-0.1, -0.05) is 103 Å². The molecule has 6 heteroatoms. The molecule has 0 radical (unpaired) electrons. The van der Waals surface area contributed by atoms with E-state index in [0.29, 0.717) is 16.3 Å². The summed E-state index contributed by atoms with van der Waals surface area (Å²) in [5.41, 5.74) is 5.84.